The molecule has 0 saturated heterocycles. The summed E-state index contributed by atoms with van der Waals surface area (Å²) >= 11 is 0. The average Bonchev–Trinajstić information content (AvgIpc) is 2.54. The van der Waals surface area contributed by atoms with E-state index < -0.39 is 23.1 Å². The van der Waals surface area contributed by atoms with E-state index in [1.54, 1.807) is 18.2 Å². The second-order valence-corrected chi connectivity index (χ2v) is 4.82. The molecule has 0 aliphatic carbocycles. The smallest absolute Gasteiger partial charge is 0.270 e. The molecular formula is C16H11F2N3O2. The molecule has 3 rings (SSSR count). The number of rotatable bonds is 3. The molecule has 0 spiro atoms. The fourth-order valence-corrected chi connectivity index (χ4v) is 2.12. The van der Waals surface area contributed by atoms with Crippen LogP contribution in [-0.4, -0.2) is 15.3 Å². The standard InChI is InChI=1S/C16H11F2N3O2/c17-11-5-4-10(13(18)7-11)8-20-15(22)12-9-19-14-3-1-2-6-21(14)16(12)23/h1-7,9H,8H2,(H,20,22). The number of pyridine rings is 1. The second kappa shape index (κ2) is 5.96. The number of carbonyl (C=O) groups is 1. The molecule has 0 radical (unpaired) electrons. The SMILES string of the molecule is O=C(NCc1ccc(F)cc1F)c1cnc2ccccn2c1=O. The Morgan fingerprint density at radius 3 is 2.83 bits per heavy atom. The summed E-state index contributed by atoms with van der Waals surface area (Å²) < 4.78 is 27.6. The lowest BCUT2D eigenvalue weighted by Gasteiger charge is -2.07. The molecule has 0 aliphatic rings. The first-order valence-electron chi connectivity index (χ1n) is 6.75. The van der Waals surface area contributed by atoms with Gasteiger partial charge in [-0.1, -0.05) is 12.1 Å². The van der Waals surface area contributed by atoms with Gasteiger partial charge in [-0.05, 0) is 18.2 Å². The summed E-state index contributed by atoms with van der Waals surface area (Å²) in [4.78, 5) is 28.4. The van der Waals surface area contributed by atoms with Crippen LogP contribution < -0.4 is 10.9 Å². The number of benzene rings is 1. The number of halogens is 2. The van der Waals surface area contributed by atoms with Gasteiger partial charge >= 0.3 is 0 Å². The molecule has 0 saturated carbocycles. The van der Waals surface area contributed by atoms with Gasteiger partial charge in [0.2, 0.25) is 0 Å². The molecule has 1 aromatic carbocycles. The van der Waals surface area contributed by atoms with Crippen LogP contribution in [0.25, 0.3) is 5.65 Å². The summed E-state index contributed by atoms with van der Waals surface area (Å²) in [6, 6.07) is 8.06. The zero-order valence-electron chi connectivity index (χ0n) is 11.8. The number of aromatic nitrogens is 2. The monoisotopic (exact) mass is 315 g/mol. The minimum Gasteiger partial charge on any atom is -0.348 e. The Morgan fingerprint density at radius 1 is 1.22 bits per heavy atom. The topological polar surface area (TPSA) is 63.5 Å². The van der Waals surface area contributed by atoms with Crippen molar-refractivity contribution in [2.24, 2.45) is 0 Å². The fourth-order valence-electron chi connectivity index (χ4n) is 2.12. The Bertz CT molecular complexity index is 953. The van der Waals surface area contributed by atoms with Gasteiger partial charge < -0.3 is 5.32 Å². The van der Waals surface area contributed by atoms with Crippen molar-refractivity contribution in [3.63, 3.8) is 0 Å². The molecule has 0 bridgehead atoms. The van der Waals surface area contributed by atoms with Crippen LogP contribution >= 0.6 is 0 Å². The van der Waals surface area contributed by atoms with Crippen LogP contribution in [-0.2, 0) is 6.54 Å². The van der Waals surface area contributed by atoms with E-state index in [4.69, 9.17) is 0 Å². The number of fused-ring (bicyclic) bond motifs is 1. The Hall–Kier alpha value is -3.09. The van der Waals surface area contributed by atoms with Crippen molar-refractivity contribution in [3.8, 4) is 0 Å². The molecule has 2 aromatic heterocycles. The number of hydrogen-bond acceptors (Lipinski definition) is 3. The molecule has 5 nitrogen and oxygen atoms in total. The Balaban J connectivity index is 1.84. The van der Waals surface area contributed by atoms with Crippen molar-refractivity contribution in [1.82, 2.24) is 14.7 Å². The zero-order chi connectivity index (χ0) is 16.4. The van der Waals surface area contributed by atoms with Gasteiger partial charge in [0.05, 0.1) is 0 Å². The molecule has 3 aromatic rings. The van der Waals surface area contributed by atoms with Crippen LogP contribution in [0.4, 0.5) is 8.78 Å². The normalized spacial score (nSPS) is 10.7. The highest BCUT2D eigenvalue weighted by Gasteiger charge is 2.13. The number of amides is 1. The van der Waals surface area contributed by atoms with Crippen molar-refractivity contribution in [2.45, 2.75) is 6.54 Å². The van der Waals surface area contributed by atoms with Crippen LogP contribution in [0.5, 0.6) is 0 Å². The first-order valence-corrected chi connectivity index (χ1v) is 6.75. The first kappa shape index (κ1) is 14.8. The van der Waals surface area contributed by atoms with E-state index in [-0.39, 0.29) is 17.7 Å². The molecule has 7 heteroatoms. The molecule has 0 fully saturated rings. The molecule has 23 heavy (non-hydrogen) atoms. The quantitative estimate of drug-likeness (QED) is 0.803. The highest BCUT2D eigenvalue weighted by molar-refractivity contribution is 5.93. The second-order valence-electron chi connectivity index (χ2n) is 4.82. The van der Waals surface area contributed by atoms with Gasteiger partial charge in [-0.3, -0.25) is 14.0 Å². The molecule has 0 unspecified atom stereocenters. The van der Waals surface area contributed by atoms with Crippen molar-refractivity contribution in [3.05, 3.63) is 81.9 Å². The van der Waals surface area contributed by atoms with E-state index >= 15 is 0 Å². The van der Waals surface area contributed by atoms with E-state index in [9.17, 15) is 18.4 Å². The highest BCUT2D eigenvalue weighted by Crippen LogP contribution is 2.09. The van der Waals surface area contributed by atoms with E-state index in [2.05, 4.69) is 10.3 Å². The third-order valence-electron chi connectivity index (χ3n) is 3.31. The van der Waals surface area contributed by atoms with Crippen LogP contribution in [0.1, 0.15) is 15.9 Å². The van der Waals surface area contributed by atoms with Crippen LogP contribution in [0.2, 0.25) is 0 Å². The van der Waals surface area contributed by atoms with Gasteiger partial charge in [-0.2, -0.15) is 0 Å². The number of nitrogens with one attached hydrogen (secondary N) is 1. The average molecular weight is 315 g/mol. The lowest BCUT2D eigenvalue weighted by Crippen LogP contribution is -2.31. The lowest BCUT2D eigenvalue weighted by molar-refractivity contribution is 0.0948. The number of carbonyl (C=O) groups excluding carboxylic acids is 1. The predicted octanol–water partition coefficient (Wildman–Crippen LogP) is 1.90. The third kappa shape index (κ3) is 2.94. The summed E-state index contributed by atoms with van der Waals surface area (Å²) in [5.41, 5.74) is -0.142. The maximum Gasteiger partial charge on any atom is 0.270 e. The van der Waals surface area contributed by atoms with Crippen molar-refractivity contribution in [1.29, 1.82) is 0 Å². The largest absolute Gasteiger partial charge is 0.348 e. The van der Waals surface area contributed by atoms with Gasteiger partial charge in [-0.15, -0.1) is 0 Å². The fraction of sp³-hybridized carbons (Fsp3) is 0.0625. The minimum absolute atomic E-state index is 0.119. The zero-order valence-corrected chi connectivity index (χ0v) is 11.8. The molecule has 0 aliphatic heterocycles. The van der Waals surface area contributed by atoms with E-state index in [0.717, 1.165) is 12.1 Å². The van der Waals surface area contributed by atoms with Gasteiger partial charge in [0, 0.05) is 30.6 Å². The van der Waals surface area contributed by atoms with E-state index in [1.165, 1.54) is 22.9 Å². The predicted molar refractivity (Wildman–Crippen MR) is 79.0 cm³/mol. The summed E-state index contributed by atoms with van der Waals surface area (Å²) in [6.45, 7) is -0.165. The summed E-state index contributed by atoms with van der Waals surface area (Å²) in [5, 5.41) is 2.43. The van der Waals surface area contributed by atoms with Crippen LogP contribution in [0.15, 0.2) is 53.6 Å². The van der Waals surface area contributed by atoms with Gasteiger partial charge in [-0.25, -0.2) is 13.8 Å². The molecular weight excluding hydrogens is 304 g/mol. The number of hydrogen-bond donors (Lipinski definition) is 1. The van der Waals surface area contributed by atoms with Crippen molar-refractivity contribution >= 4 is 11.6 Å². The first-order chi connectivity index (χ1) is 11.1. The van der Waals surface area contributed by atoms with E-state index in [0.29, 0.717) is 5.65 Å². The van der Waals surface area contributed by atoms with Gasteiger partial charge in [0.15, 0.2) is 0 Å². The molecule has 1 amide bonds. The molecule has 116 valence electrons. The van der Waals surface area contributed by atoms with Crippen LogP contribution in [0.3, 0.4) is 0 Å². The lowest BCUT2D eigenvalue weighted by atomic mass is 10.2. The number of nitrogens with zero attached hydrogens (tertiary/aromatic N) is 2. The molecule has 2 heterocycles. The van der Waals surface area contributed by atoms with E-state index in [1.807, 2.05) is 0 Å². The van der Waals surface area contributed by atoms with Gasteiger partial charge in [0.1, 0.15) is 22.8 Å². The van der Waals surface area contributed by atoms with Gasteiger partial charge in [0.25, 0.3) is 11.5 Å². The Morgan fingerprint density at radius 2 is 2.04 bits per heavy atom. The molecule has 0 atom stereocenters. The maximum atomic E-state index is 13.5. The van der Waals surface area contributed by atoms with Crippen molar-refractivity contribution in [2.75, 3.05) is 0 Å². The van der Waals surface area contributed by atoms with Crippen molar-refractivity contribution < 1.29 is 13.6 Å². The molecule has 1 N–H and O–H groups in total. The Kier molecular flexibility index (Phi) is 3.84. The summed E-state index contributed by atoms with van der Waals surface area (Å²) in [5.74, 6) is -2.14. The third-order valence-corrected chi connectivity index (χ3v) is 3.31. The maximum absolute atomic E-state index is 13.5. The summed E-state index contributed by atoms with van der Waals surface area (Å²) in [6.07, 6.45) is 2.68. The highest BCUT2D eigenvalue weighted by atomic mass is 19.1. The minimum atomic E-state index is -0.765. The summed E-state index contributed by atoms with van der Waals surface area (Å²) in [7, 11) is 0. The Labute approximate surface area is 129 Å². The van der Waals surface area contributed by atoms with Crippen LogP contribution in [0, 0.1) is 11.6 Å².